The third-order valence-electron chi connectivity index (χ3n) is 4.57. The van der Waals surface area contributed by atoms with Crippen LogP contribution >= 0.6 is 0 Å². The molecule has 30 heavy (non-hydrogen) atoms. The number of ether oxygens (including phenoxy) is 1. The molecule has 4 aromatic rings. The van der Waals surface area contributed by atoms with E-state index in [0.29, 0.717) is 11.3 Å². The number of imidazole rings is 1. The van der Waals surface area contributed by atoms with E-state index >= 15 is 0 Å². The van der Waals surface area contributed by atoms with Crippen molar-refractivity contribution in [1.29, 1.82) is 0 Å². The Morgan fingerprint density at radius 3 is 2.43 bits per heavy atom. The minimum absolute atomic E-state index is 0.134. The van der Waals surface area contributed by atoms with Crippen LogP contribution in [0.1, 0.15) is 11.1 Å². The second-order valence-electron chi connectivity index (χ2n) is 6.59. The summed E-state index contributed by atoms with van der Waals surface area (Å²) in [4.78, 5) is 32.9. The number of H-pyrrole nitrogens is 1. The lowest BCUT2D eigenvalue weighted by atomic mass is 10.2. The molecule has 0 fully saturated rings. The third-order valence-corrected chi connectivity index (χ3v) is 4.57. The molecule has 1 N–H and O–H groups in total. The van der Waals surface area contributed by atoms with Gasteiger partial charge < -0.3 is 9.72 Å². The van der Waals surface area contributed by atoms with Crippen molar-refractivity contribution in [3.63, 3.8) is 0 Å². The second kappa shape index (κ2) is 7.21. The van der Waals surface area contributed by atoms with Gasteiger partial charge in [0.05, 0.1) is 18.6 Å². The lowest BCUT2D eigenvalue weighted by Crippen LogP contribution is -2.40. The van der Waals surface area contributed by atoms with E-state index in [0.717, 1.165) is 22.3 Å². The normalized spacial score (nSPS) is 11.7. The number of benzene rings is 2. The number of fused-ring (bicyclic) bond motifs is 1. The summed E-state index contributed by atoms with van der Waals surface area (Å²) in [5.74, 6) is -0.389. The highest BCUT2D eigenvalue weighted by Crippen LogP contribution is 2.23. The van der Waals surface area contributed by atoms with E-state index in [1.165, 1.54) is 23.0 Å². The maximum atomic E-state index is 13.2. The Labute approximate surface area is 167 Å². The first-order valence-corrected chi connectivity index (χ1v) is 8.84. The molecule has 0 bridgehead atoms. The van der Waals surface area contributed by atoms with Crippen LogP contribution in [0.5, 0.6) is 5.75 Å². The number of halogens is 3. The van der Waals surface area contributed by atoms with Crippen LogP contribution in [0.4, 0.5) is 13.2 Å². The standard InChI is InChI=1S/C20H15F3N4O3/c1-12-4-2-3-5-15(12)27-17-16(24-11-25-17)18(28)26(19(27)29)10-13-6-8-14(9-7-13)30-20(21,22)23/h2-9,11H,10H2,1H3,(H,24,25). The van der Waals surface area contributed by atoms with E-state index in [-0.39, 0.29) is 23.5 Å². The van der Waals surface area contributed by atoms with Gasteiger partial charge >= 0.3 is 12.1 Å². The summed E-state index contributed by atoms with van der Waals surface area (Å²) < 4.78 is 43.2. The van der Waals surface area contributed by atoms with Crippen molar-refractivity contribution in [2.45, 2.75) is 19.8 Å². The van der Waals surface area contributed by atoms with E-state index < -0.39 is 17.6 Å². The molecule has 0 aliphatic heterocycles. The number of aromatic nitrogens is 4. The van der Waals surface area contributed by atoms with E-state index in [1.54, 1.807) is 12.1 Å². The average molecular weight is 416 g/mol. The van der Waals surface area contributed by atoms with Gasteiger partial charge in [0.1, 0.15) is 11.3 Å². The van der Waals surface area contributed by atoms with Gasteiger partial charge in [0.15, 0.2) is 5.65 Å². The summed E-state index contributed by atoms with van der Waals surface area (Å²) in [6.07, 6.45) is -3.47. The number of nitrogens with zero attached hydrogens (tertiary/aromatic N) is 3. The summed E-state index contributed by atoms with van der Waals surface area (Å²) in [6.45, 7) is 1.69. The van der Waals surface area contributed by atoms with Crippen LogP contribution in [0.2, 0.25) is 0 Å². The van der Waals surface area contributed by atoms with Gasteiger partial charge in [-0.2, -0.15) is 0 Å². The molecule has 0 radical (unpaired) electrons. The summed E-state index contributed by atoms with van der Waals surface area (Å²) >= 11 is 0. The monoisotopic (exact) mass is 416 g/mol. The Hall–Kier alpha value is -3.82. The molecule has 0 atom stereocenters. The zero-order valence-electron chi connectivity index (χ0n) is 15.6. The molecule has 2 aromatic heterocycles. The smallest absolute Gasteiger partial charge is 0.406 e. The summed E-state index contributed by atoms with van der Waals surface area (Å²) in [5.41, 5.74) is 1.00. The van der Waals surface area contributed by atoms with Gasteiger partial charge in [-0.25, -0.2) is 14.3 Å². The van der Waals surface area contributed by atoms with Crippen molar-refractivity contribution in [3.8, 4) is 11.4 Å². The summed E-state index contributed by atoms with van der Waals surface area (Å²) in [7, 11) is 0. The number of aromatic amines is 1. The van der Waals surface area contributed by atoms with Crippen molar-refractivity contribution in [2.75, 3.05) is 0 Å². The fraction of sp³-hybridized carbons (Fsp3) is 0.150. The maximum absolute atomic E-state index is 13.2. The molecular formula is C20H15F3N4O3. The van der Waals surface area contributed by atoms with Crippen molar-refractivity contribution in [3.05, 3.63) is 86.8 Å². The molecule has 10 heteroatoms. The first-order valence-electron chi connectivity index (χ1n) is 8.84. The highest BCUT2D eigenvalue weighted by atomic mass is 19.4. The number of alkyl halides is 3. The fourth-order valence-electron chi connectivity index (χ4n) is 3.20. The highest BCUT2D eigenvalue weighted by molar-refractivity contribution is 5.71. The summed E-state index contributed by atoms with van der Waals surface area (Å²) in [5, 5.41) is 0. The predicted molar refractivity (Wildman–Crippen MR) is 103 cm³/mol. The molecule has 0 aliphatic carbocycles. The molecule has 0 aliphatic rings. The van der Waals surface area contributed by atoms with Crippen LogP contribution in [0, 0.1) is 6.92 Å². The summed E-state index contributed by atoms with van der Waals surface area (Å²) in [6, 6.07) is 12.1. The van der Waals surface area contributed by atoms with E-state index in [9.17, 15) is 22.8 Å². The zero-order valence-corrected chi connectivity index (χ0v) is 15.6. The Kier molecular flexibility index (Phi) is 4.69. The van der Waals surface area contributed by atoms with Gasteiger partial charge in [0.25, 0.3) is 5.56 Å². The number of rotatable bonds is 4. The lowest BCUT2D eigenvalue weighted by molar-refractivity contribution is -0.274. The van der Waals surface area contributed by atoms with Crippen molar-refractivity contribution < 1.29 is 17.9 Å². The van der Waals surface area contributed by atoms with Crippen molar-refractivity contribution in [1.82, 2.24) is 19.1 Å². The molecule has 0 spiro atoms. The van der Waals surface area contributed by atoms with Gasteiger partial charge in [0, 0.05) is 0 Å². The van der Waals surface area contributed by atoms with Crippen LogP contribution in [0.25, 0.3) is 16.9 Å². The van der Waals surface area contributed by atoms with Gasteiger partial charge in [-0.05, 0) is 36.2 Å². The molecule has 2 heterocycles. The number of para-hydroxylation sites is 1. The number of hydrogen-bond donors (Lipinski definition) is 1. The Balaban J connectivity index is 1.82. The van der Waals surface area contributed by atoms with Gasteiger partial charge in [0.2, 0.25) is 0 Å². The zero-order chi connectivity index (χ0) is 21.5. The molecule has 7 nitrogen and oxygen atoms in total. The molecule has 0 amide bonds. The molecule has 154 valence electrons. The third kappa shape index (κ3) is 3.59. The number of aryl methyl sites for hydroxylation is 1. The Morgan fingerprint density at radius 2 is 1.77 bits per heavy atom. The van der Waals surface area contributed by atoms with Gasteiger partial charge in [-0.3, -0.25) is 9.36 Å². The molecule has 4 rings (SSSR count). The van der Waals surface area contributed by atoms with Gasteiger partial charge in [-0.1, -0.05) is 30.3 Å². The second-order valence-corrected chi connectivity index (χ2v) is 6.59. The first-order chi connectivity index (χ1) is 14.2. The Morgan fingerprint density at radius 1 is 1.07 bits per heavy atom. The number of nitrogens with one attached hydrogen (secondary N) is 1. The molecule has 0 saturated heterocycles. The minimum atomic E-state index is -4.80. The van der Waals surface area contributed by atoms with E-state index in [4.69, 9.17) is 0 Å². The van der Waals surface area contributed by atoms with E-state index in [2.05, 4.69) is 14.7 Å². The molecule has 0 saturated carbocycles. The Bertz CT molecular complexity index is 1330. The van der Waals surface area contributed by atoms with E-state index in [1.807, 2.05) is 19.1 Å². The van der Waals surface area contributed by atoms with Crippen LogP contribution in [-0.4, -0.2) is 25.5 Å². The lowest BCUT2D eigenvalue weighted by Gasteiger charge is -2.13. The molecule has 2 aromatic carbocycles. The van der Waals surface area contributed by atoms with Crippen LogP contribution in [-0.2, 0) is 6.54 Å². The van der Waals surface area contributed by atoms with Crippen LogP contribution in [0.3, 0.4) is 0 Å². The van der Waals surface area contributed by atoms with Crippen LogP contribution in [0.15, 0.2) is 64.4 Å². The molecule has 0 unspecified atom stereocenters. The molecular weight excluding hydrogens is 401 g/mol. The number of hydrogen-bond acceptors (Lipinski definition) is 4. The fourth-order valence-corrected chi connectivity index (χ4v) is 3.20. The van der Waals surface area contributed by atoms with Crippen molar-refractivity contribution >= 4 is 11.2 Å². The van der Waals surface area contributed by atoms with Crippen LogP contribution < -0.4 is 16.0 Å². The minimum Gasteiger partial charge on any atom is -0.406 e. The highest BCUT2D eigenvalue weighted by Gasteiger charge is 2.31. The first kappa shape index (κ1) is 19.5. The maximum Gasteiger partial charge on any atom is 0.573 e. The van der Waals surface area contributed by atoms with Crippen molar-refractivity contribution in [2.24, 2.45) is 0 Å². The predicted octanol–water partition coefficient (Wildman–Crippen LogP) is 3.13. The largest absolute Gasteiger partial charge is 0.573 e. The average Bonchev–Trinajstić information content (AvgIpc) is 3.16. The topological polar surface area (TPSA) is 81.9 Å². The van der Waals surface area contributed by atoms with Gasteiger partial charge in [-0.15, -0.1) is 13.2 Å². The quantitative estimate of drug-likeness (QED) is 0.554. The SMILES string of the molecule is Cc1ccccc1-n1c(=O)n(Cc2ccc(OC(F)(F)F)cc2)c(=O)c2[nH]cnc21.